The van der Waals surface area contributed by atoms with Gasteiger partial charge in [-0.1, -0.05) is 23.7 Å². The van der Waals surface area contributed by atoms with Gasteiger partial charge in [0.1, 0.15) is 11.6 Å². The van der Waals surface area contributed by atoms with Crippen LogP contribution in [0.25, 0.3) is 0 Å². The van der Waals surface area contributed by atoms with Crippen LogP contribution in [0.2, 0.25) is 5.02 Å². The number of ether oxygens (including phenoxy) is 2. The van der Waals surface area contributed by atoms with Gasteiger partial charge in [0.25, 0.3) is 11.8 Å². The topological polar surface area (TPSA) is 76.7 Å². The number of benzene rings is 2. The molecular weight excluding hydrogens is 387 g/mol. The van der Waals surface area contributed by atoms with Crippen LogP contribution in [0, 0.1) is 5.82 Å². The second kappa shape index (κ2) is 9.52. The van der Waals surface area contributed by atoms with E-state index in [0.717, 1.165) is 18.9 Å². The van der Waals surface area contributed by atoms with Crippen LogP contribution in [0.5, 0.6) is 5.75 Å². The molecule has 2 N–H and O–H groups in total. The predicted molar refractivity (Wildman–Crippen MR) is 103 cm³/mol. The van der Waals surface area contributed by atoms with E-state index in [1.54, 1.807) is 24.3 Å². The minimum Gasteiger partial charge on any atom is -0.483 e. The molecule has 2 aromatic carbocycles. The Labute approximate surface area is 167 Å². The van der Waals surface area contributed by atoms with Crippen molar-refractivity contribution in [1.82, 2.24) is 5.32 Å². The maximum Gasteiger partial charge on any atom is 0.262 e. The molecule has 1 atom stereocenters. The van der Waals surface area contributed by atoms with E-state index < -0.39 is 11.7 Å². The summed E-state index contributed by atoms with van der Waals surface area (Å²) >= 11 is 5.69. The van der Waals surface area contributed by atoms with Gasteiger partial charge in [0.15, 0.2) is 6.61 Å². The van der Waals surface area contributed by atoms with E-state index in [4.69, 9.17) is 21.1 Å². The number of anilines is 1. The lowest BCUT2D eigenvalue weighted by molar-refractivity contribution is -0.118. The van der Waals surface area contributed by atoms with Gasteiger partial charge >= 0.3 is 0 Å². The Morgan fingerprint density at radius 3 is 2.82 bits per heavy atom. The van der Waals surface area contributed by atoms with Crippen LogP contribution in [0.15, 0.2) is 42.5 Å². The average molecular weight is 407 g/mol. The zero-order chi connectivity index (χ0) is 19.9. The number of hydrogen-bond acceptors (Lipinski definition) is 4. The summed E-state index contributed by atoms with van der Waals surface area (Å²) in [6.45, 7) is 0.755. The number of nitrogens with one attached hydrogen (secondary N) is 2. The Kier molecular flexibility index (Phi) is 6.84. The molecular formula is C20H20ClFN2O4. The van der Waals surface area contributed by atoms with Gasteiger partial charge in [-0.15, -0.1) is 0 Å². The third-order valence-electron chi connectivity index (χ3n) is 4.21. The fourth-order valence-corrected chi connectivity index (χ4v) is 2.97. The number of hydrogen-bond donors (Lipinski definition) is 2. The van der Waals surface area contributed by atoms with Gasteiger partial charge in [-0.3, -0.25) is 9.59 Å². The van der Waals surface area contributed by atoms with Crippen molar-refractivity contribution in [1.29, 1.82) is 0 Å². The van der Waals surface area contributed by atoms with Crippen LogP contribution in [0.1, 0.15) is 23.2 Å². The number of carbonyl (C=O) groups excluding carboxylic acids is 2. The van der Waals surface area contributed by atoms with Crippen molar-refractivity contribution >= 4 is 29.1 Å². The van der Waals surface area contributed by atoms with Crippen LogP contribution in [-0.2, 0) is 9.53 Å². The third-order valence-corrected chi connectivity index (χ3v) is 4.45. The molecule has 1 aliphatic rings. The molecule has 0 bridgehead atoms. The molecule has 0 saturated carbocycles. The minimum atomic E-state index is -0.644. The van der Waals surface area contributed by atoms with E-state index in [9.17, 15) is 14.0 Å². The second-order valence-electron chi connectivity index (χ2n) is 6.30. The SMILES string of the molecule is O=C(COc1ccccc1C(=O)NCC1CCCO1)Nc1ccc(Cl)cc1F. The monoisotopic (exact) mass is 406 g/mol. The fraction of sp³-hybridized carbons (Fsp3) is 0.300. The zero-order valence-corrected chi connectivity index (χ0v) is 15.8. The first-order chi connectivity index (χ1) is 13.5. The van der Waals surface area contributed by atoms with Gasteiger partial charge < -0.3 is 20.1 Å². The van der Waals surface area contributed by atoms with E-state index in [2.05, 4.69) is 10.6 Å². The van der Waals surface area contributed by atoms with E-state index in [0.29, 0.717) is 18.7 Å². The van der Waals surface area contributed by atoms with Crippen LogP contribution in [0.4, 0.5) is 10.1 Å². The molecule has 8 heteroatoms. The number of halogens is 2. The number of para-hydroxylation sites is 1. The molecule has 1 unspecified atom stereocenters. The molecule has 1 heterocycles. The first-order valence-electron chi connectivity index (χ1n) is 8.89. The van der Waals surface area contributed by atoms with Crippen molar-refractivity contribution in [3.05, 3.63) is 58.9 Å². The third kappa shape index (κ3) is 5.43. The van der Waals surface area contributed by atoms with E-state index >= 15 is 0 Å². The Balaban J connectivity index is 1.56. The van der Waals surface area contributed by atoms with E-state index in [-0.39, 0.29) is 35.1 Å². The Morgan fingerprint density at radius 2 is 2.07 bits per heavy atom. The summed E-state index contributed by atoms with van der Waals surface area (Å²) in [5, 5.41) is 5.45. The summed E-state index contributed by atoms with van der Waals surface area (Å²) in [4.78, 5) is 24.5. The highest BCUT2D eigenvalue weighted by Crippen LogP contribution is 2.20. The van der Waals surface area contributed by atoms with Crippen molar-refractivity contribution in [3.63, 3.8) is 0 Å². The van der Waals surface area contributed by atoms with Crippen molar-refractivity contribution in [2.75, 3.05) is 25.1 Å². The standard InChI is InChI=1S/C20H20ClFN2O4/c21-13-7-8-17(16(22)10-13)24-19(25)12-28-18-6-2-1-5-15(18)20(26)23-11-14-4-3-9-27-14/h1-2,5-8,10,14H,3-4,9,11-12H2,(H,23,26)(H,24,25). The van der Waals surface area contributed by atoms with E-state index in [1.807, 2.05) is 0 Å². The molecule has 1 fully saturated rings. The summed E-state index contributed by atoms with van der Waals surface area (Å²) in [5.74, 6) is -1.25. The van der Waals surface area contributed by atoms with Gasteiger partial charge in [-0.25, -0.2) is 4.39 Å². The second-order valence-corrected chi connectivity index (χ2v) is 6.74. The maximum absolute atomic E-state index is 13.8. The highest BCUT2D eigenvalue weighted by Gasteiger charge is 2.18. The molecule has 0 aliphatic carbocycles. The molecule has 1 aliphatic heterocycles. The molecule has 148 valence electrons. The normalized spacial score (nSPS) is 15.9. The lowest BCUT2D eigenvalue weighted by atomic mass is 10.1. The highest BCUT2D eigenvalue weighted by molar-refractivity contribution is 6.30. The summed E-state index contributed by atoms with van der Waals surface area (Å²) in [5.41, 5.74) is 0.312. The number of rotatable bonds is 7. The van der Waals surface area contributed by atoms with Gasteiger partial charge in [-0.2, -0.15) is 0 Å². The highest BCUT2D eigenvalue weighted by atomic mass is 35.5. The van der Waals surface area contributed by atoms with Crippen molar-refractivity contribution < 1.29 is 23.5 Å². The molecule has 0 aromatic heterocycles. The summed E-state index contributed by atoms with van der Waals surface area (Å²) in [6.07, 6.45) is 1.93. The Bertz CT molecular complexity index is 856. The minimum absolute atomic E-state index is 0.000548. The molecule has 28 heavy (non-hydrogen) atoms. The van der Waals surface area contributed by atoms with Gasteiger partial charge in [-0.05, 0) is 43.2 Å². The van der Waals surface area contributed by atoms with Crippen LogP contribution >= 0.6 is 11.6 Å². The van der Waals surface area contributed by atoms with E-state index in [1.165, 1.54) is 12.1 Å². The largest absolute Gasteiger partial charge is 0.483 e. The molecule has 2 aromatic rings. The van der Waals surface area contributed by atoms with Crippen LogP contribution in [0.3, 0.4) is 0 Å². The van der Waals surface area contributed by atoms with Gasteiger partial charge in [0.05, 0.1) is 17.4 Å². The Hall–Kier alpha value is -2.64. The van der Waals surface area contributed by atoms with Crippen molar-refractivity contribution in [3.8, 4) is 5.75 Å². The summed E-state index contributed by atoms with van der Waals surface area (Å²) < 4.78 is 24.7. The first kappa shape index (κ1) is 20.1. The molecule has 0 radical (unpaired) electrons. The maximum atomic E-state index is 13.8. The predicted octanol–water partition coefficient (Wildman–Crippen LogP) is 3.41. The number of amides is 2. The molecule has 6 nitrogen and oxygen atoms in total. The van der Waals surface area contributed by atoms with Crippen molar-refractivity contribution in [2.45, 2.75) is 18.9 Å². The van der Waals surface area contributed by atoms with Crippen molar-refractivity contribution in [2.24, 2.45) is 0 Å². The average Bonchev–Trinajstić information content (AvgIpc) is 3.20. The molecule has 3 rings (SSSR count). The summed E-state index contributed by atoms with van der Waals surface area (Å²) in [7, 11) is 0. The molecule has 1 saturated heterocycles. The van der Waals surface area contributed by atoms with Gasteiger partial charge in [0, 0.05) is 18.2 Å². The van der Waals surface area contributed by atoms with Crippen LogP contribution in [-0.4, -0.2) is 37.7 Å². The first-order valence-corrected chi connectivity index (χ1v) is 9.27. The molecule has 0 spiro atoms. The lowest BCUT2D eigenvalue weighted by Crippen LogP contribution is -2.32. The summed E-state index contributed by atoms with van der Waals surface area (Å²) in [6, 6.07) is 10.5. The zero-order valence-electron chi connectivity index (χ0n) is 15.0. The lowest BCUT2D eigenvalue weighted by Gasteiger charge is -2.14. The van der Waals surface area contributed by atoms with Crippen LogP contribution < -0.4 is 15.4 Å². The smallest absolute Gasteiger partial charge is 0.262 e. The van der Waals surface area contributed by atoms with Gasteiger partial charge in [0.2, 0.25) is 0 Å². The Morgan fingerprint density at radius 1 is 1.25 bits per heavy atom. The molecule has 2 amide bonds. The quantitative estimate of drug-likeness (QED) is 0.738. The number of carbonyl (C=O) groups is 2. The fourth-order valence-electron chi connectivity index (χ4n) is 2.81.